The third-order valence-corrected chi connectivity index (χ3v) is 6.70. The number of imide groups is 1. The first kappa shape index (κ1) is 21.2. The Balaban J connectivity index is 1.17. The lowest BCUT2D eigenvalue weighted by Crippen LogP contribution is -2.52. The molecule has 1 unspecified atom stereocenters. The van der Waals surface area contributed by atoms with Gasteiger partial charge in [0.05, 0.1) is 0 Å². The Morgan fingerprint density at radius 3 is 2.55 bits per heavy atom. The molecule has 2 aromatic carbocycles. The van der Waals surface area contributed by atoms with Gasteiger partial charge in [-0.3, -0.25) is 25.0 Å². The van der Waals surface area contributed by atoms with Gasteiger partial charge >= 0.3 is 6.09 Å². The maximum atomic E-state index is 12.9. The van der Waals surface area contributed by atoms with Gasteiger partial charge in [0.25, 0.3) is 5.91 Å². The first-order chi connectivity index (χ1) is 16.0. The van der Waals surface area contributed by atoms with Crippen molar-refractivity contribution < 1.29 is 23.9 Å². The van der Waals surface area contributed by atoms with Crippen LogP contribution in [0.25, 0.3) is 0 Å². The van der Waals surface area contributed by atoms with Gasteiger partial charge in [-0.25, -0.2) is 4.79 Å². The Bertz CT molecular complexity index is 1120. The van der Waals surface area contributed by atoms with E-state index in [0.29, 0.717) is 35.7 Å². The maximum Gasteiger partial charge on any atom is 0.411 e. The minimum atomic E-state index is -0.649. The number of nitrogens with one attached hydrogen (secondary N) is 2. The Kier molecular flexibility index (Phi) is 5.58. The highest BCUT2D eigenvalue weighted by molar-refractivity contribution is 6.05. The summed E-state index contributed by atoms with van der Waals surface area (Å²) in [6, 6.07) is 12.5. The Morgan fingerprint density at radius 1 is 1.06 bits per heavy atom. The number of piperidine rings is 1. The summed E-state index contributed by atoms with van der Waals surface area (Å²) in [6.45, 7) is 0.337. The largest absolute Gasteiger partial charge is 0.444 e. The third kappa shape index (κ3) is 4.33. The second kappa shape index (κ2) is 8.69. The minimum Gasteiger partial charge on any atom is -0.444 e. The van der Waals surface area contributed by atoms with Gasteiger partial charge in [-0.1, -0.05) is 30.7 Å². The Morgan fingerprint density at radius 2 is 1.85 bits per heavy atom. The molecular weight excluding hydrogens is 422 g/mol. The smallest absolute Gasteiger partial charge is 0.411 e. The number of nitrogens with zero attached hydrogens (tertiary/aromatic N) is 1. The molecule has 1 saturated carbocycles. The molecule has 0 aromatic heterocycles. The molecule has 4 amide bonds. The average Bonchev–Trinajstić information content (AvgIpc) is 3.08. The molecule has 1 atom stereocenters. The molecule has 1 aliphatic carbocycles. The fourth-order valence-electron chi connectivity index (χ4n) is 4.57. The summed E-state index contributed by atoms with van der Waals surface area (Å²) in [5.41, 5.74) is 3.96. The molecule has 5 rings (SSSR count). The van der Waals surface area contributed by atoms with E-state index in [1.807, 2.05) is 30.3 Å². The lowest BCUT2D eigenvalue weighted by atomic mass is 9.80. The number of hydrogen-bond donors (Lipinski definition) is 2. The number of amides is 4. The van der Waals surface area contributed by atoms with E-state index in [2.05, 4.69) is 10.6 Å². The number of hydrogen-bond acceptors (Lipinski definition) is 5. The van der Waals surface area contributed by atoms with Crippen LogP contribution in [0.3, 0.4) is 0 Å². The van der Waals surface area contributed by atoms with E-state index in [1.54, 1.807) is 12.1 Å². The van der Waals surface area contributed by atoms with Crippen molar-refractivity contribution in [3.05, 3.63) is 64.7 Å². The molecule has 0 bridgehead atoms. The highest BCUT2D eigenvalue weighted by atomic mass is 16.5. The summed E-state index contributed by atoms with van der Waals surface area (Å²) in [7, 11) is 0. The van der Waals surface area contributed by atoms with Gasteiger partial charge in [0.1, 0.15) is 12.6 Å². The molecule has 2 aromatic rings. The highest BCUT2D eigenvalue weighted by Crippen LogP contribution is 2.36. The zero-order chi connectivity index (χ0) is 22.9. The topological polar surface area (TPSA) is 105 Å². The summed E-state index contributed by atoms with van der Waals surface area (Å²) < 4.78 is 5.33. The summed E-state index contributed by atoms with van der Waals surface area (Å²) >= 11 is 0. The number of benzene rings is 2. The molecule has 2 N–H and O–H groups in total. The van der Waals surface area contributed by atoms with Crippen molar-refractivity contribution >= 4 is 29.5 Å². The summed E-state index contributed by atoms with van der Waals surface area (Å²) in [6.07, 6.45) is 3.70. The van der Waals surface area contributed by atoms with Gasteiger partial charge in [-0.15, -0.1) is 0 Å². The number of fused-ring (bicyclic) bond motifs is 1. The Labute approximate surface area is 191 Å². The van der Waals surface area contributed by atoms with Crippen molar-refractivity contribution in [1.29, 1.82) is 0 Å². The van der Waals surface area contributed by atoms with Crippen LogP contribution in [-0.4, -0.2) is 34.8 Å². The van der Waals surface area contributed by atoms with Crippen LogP contribution in [0.5, 0.6) is 0 Å². The maximum absolute atomic E-state index is 12.9. The van der Waals surface area contributed by atoms with Crippen molar-refractivity contribution in [3.8, 4) is 0 Å². The second-order valence-electron chi connectivity index (χ2n) is 8.84. The van der Waals surface area contributed by atoms with Crippen LogP contribution in [0, 0.1) is 0 Å². The van der Waals surface area contributed by atoms with Gasteiger partial charge in [0.2, 0.25) is 11.8 Å². The first-order valence-electron chi connectivity index (χ1n) is 11.3. The van der Waals surface area contributed by atoms with Crippen LogP contribution in [0.1, 0.15) is 65.1 Å². The zero-order valence-electron chi connectivity index (χ0n) is 18.1. The minimum absolute atomic E-state index is 0.0188. The van der Waals surface area contributed by atoms with E-state index >= 15 is 0 Å². The van der Waals surface area contributed by atoms with Crippen LogP contribution < -0.4 is 10.6 Å². The van der Waals surface area contributed by atoms with Crippen LogP contribution >= 0.6 is 0 Å². The van der Waals surface area contributed by atoms with Gasteiger partial charge in [-0.05, 0) is 60.1 Å². The van der Waals surface area contributed by atoms with Gasteiger partial charge < -0.3 is 9.64 Å². The normalized spacial score (nSPS) is 20.2. The number of anilines is 1. The van der Waals surface area contributed by atoms with E-state index in [4.69, 9.17) is 4.74 Å². The summed E-state index contributed by atoms with van der Waals surface area (Å²) in [5.74, 6) is -0.363. The third-order valence-electron chi connectivity index (χ3n) is 6.70. The fraction of sp³-hybridized carbons (Fsp3) is 0.360. The number of carbonyl (C=O) groups excluding carboxylic acids is 4. The average molecular weight is 447 g/mol. The molecule has 0 radical (unpaired) electrons. The van der Waals surface area contributed by atoms with E-state index < -0.39 is 18.0 Å². The monoisotopic (exact) mass is 447 g/mol. The molecule has 8 nitrogen and oxygen atoms in total. The highest BCUT2D eigenvalue weighted by Gasteiger charge is 2.39. The molecule has 3 aliphatic rings. The van der Waals surface area contributed by atoms with Crippen LogP contribution in [-0.2, 0) is 27.5 Å². The summed E-state index contributed by atoms with van der Waals surface area (Å²) in [5, 5.41) is 5.02. The SMILES string of the molecule is O=C1CCC(N2Cc3ccc(COC(=O)Nc4ccc(C5CCC5)cc4)cc3C2=O)C(=O)N1. The molecule has 33 heavy (non-hydrogen) atoms. The molecule has 170 valence electrons. The van der Waals surface area contributed by atoms with E-state index in [1.165, 1.54) is 29.7 Å². The van der Waals surface area contributed by atoms with Crippen molar-refractivity contribution in [2.75, 3.05) is 5.32 Å². The van der Waals surface area contributed by atoms with Crippen molar-refractivity contribution in [2.24, 2.45) is 0 Å². The molecule has 1 saturated heterocycles. The van der Waals surface area contributed by atoms with Gasteiger partial charge in [0, 0.05) is 24.2 Å². The molecule has 0 spiro atoms. The van der Waals surface area contributed by atoms with E-state index in [0.717, 1.165) is 5.56 Å². The first-order valence-corrected chi connectivity index (χ1v) is 11.3. The van der Waals surface area contributed by atoms with Crippen LogP contribution in [0.2, 0.25) is 0 Å². The van der Waals surface area contributed by atoms with Crippen molar-refractivity contribution in [1.82, 2.24) is 10.2 Å². The molecule has 2 fully saturated rings. The predicted octanol–water partition coefficient (Wildman–Crippen LogP) is 3.46. The number of rotatable bonds is 5. The molecule has 2 aliphatic heterocycles. The fourth-order valence-corrected chi connectivity index (χ4v) is 4.57. The van der Waals surface area contributed by atoms with Crippen molar-refractivity contribution in [2.45, 2.75) is 57.2 Å². The zero-order valence-corrected chi connectivity index (χ0v) is 18.1. The van der Waals surface area contributed by atoms with Gasteiger partial charge in [0.15, 0.2) is 0 Å². The van der Waals surface area contributed by atoms with Crippen molar-refractivity contribution in [3.63, 3.8) is 0 Å². The van der Waals surface area contributed by atoms with Crippen LogP contribution in [0.4, 0.5) is 10.5 Å². The van der Waals surface area contributed by atoms with Gasteiger partial charge in [-0.2, -0.15) is 0 Å². The number of ether oxygens (including phenoxy) is 1. The molecule has 2 heterocycles. The quantitative estimate of drug-likeness (QED) is 0.683. The predicted molar refractivity (Wildman–Crippen MR) is 119 cm³/mol. The van der Waals surface area contributed by atoms with E-state index in [-0.39, 0.29) is 24.8 Å². The molecular formula is C25H25N3O5. The molecule has 8 heteroatoms. The lowest BCUT2D eigenvalue weighted by Gasteiger charge is -2.29. The number of carbonyl (C=O) groups is 4. The summed E-state index contributed by atoms with van der Waals surface area (Å²) in [4.78, 5) is 50.2. The second-order valence-corrected chi connectivity index (χ2v) is 8.84. The van der Waals surface area contributed by atoms with E-state index in [9.17, 15) is 19.2 Å². The standard InChI is InChI=1S/C25H25N3O5/c29-22-11-10-21(23(30)27-22)28-13-18-5-4-15(12-20(18)24(28)31)14-33-25(32)26-19-8-6-17(7-9-19)16-2-1-3-16/h4-9,12,16,21H,1-3,10-11,13-14H2,(H,26,32)(H,27,29,30). The lowest BCUT2D eigenvalue weighted by molar-refractivity contribution is -0.136. The Hall–Kier alpha value is -3.68. The van der Waals surface area contributed by atoms with Crippen LogP contribution in [0.15, 0.2) is 42.5 Å².